The van der Waals surface area contributed by atoms with Crippen LogP contribution in [0.1, 0.15) is 24.1 Å². The fraction of sp³-hybridized carbons (Fsp3) is 0.462. The average Bonchev–Trinajstić information content (AvgIpc) is 3.12. The van der Waals surface area contributed by atoms with Crippen molar-refractivity contribution in [2.45, 2.75) is 18.4 Å². The zero-order chi connectivity index (χ0) is 12.9. The molecule has 5 heteroatoms. The van der Waals surface area contributed by atoms with Crippen molar-refractivity contribution in [1.29, 1.82) is 0 Å². The highest BCUT2D eigenvalue weighted by Gasteiger charge is 2.41. The molecule has 0 amide bonds. The Morgan fingerprint density at radius 2 is 2.22 bits per heavy atom. The van der Waals surface area contributed by atoms with E-state index in [1.165, 1.54) is 0 Å². The molecule has 2 fully saturated rings. The van der Waals surface area contributed by atoms with Gasteiger partial charge in [-0.3, -0.25) is 0 Å². The first-order chi connectivity index (χ1) is 8.51. The van der Waals surface area contributed by atoms with Crippen LogP contribution in [-0.2, 0) is 10.3 Å². The Kier molecular flexibility index (Phi) is 2.80. The van der Waals surface area contributed by atoms with Crippen LogP contribution in [0.15, 0.2) is 17.2 Å². The van der Waals surface area contributed by atoms with E-state index in [-0.39, 0.29) is 23.4 Å². The molecule has 1 saturated heterocycles. The maximum absolute atomic E-state index is 14.0. The largest absolute Gasteiger partial charge is 0.380 e. The molecular formula is C13H13BrFNO2. The van der Waals surface area contributed by atoms with Gasteiger partial charge in [0.15, 0.2) is 5.82 Å². The van der Waals surface area contributed by atoms with E-state index in [2.05, 4.69) is 27.5 Å². The molecule has 0 unspecified atom stereocenters. The van der Waals surface area contributed by atoms with Crippen molar-refractivity contribution < 1.29 is 14.2 Å². The van der Waals surface area contributed by atoms with Crippen LogP contribution in [-0.4, -0.2) is 23.3 Å². The Morgan fingerprint density at radius 3 is 2.72 bits per heavy atom. The quantitative estimate of drug-likeness (QED) is 0.872. The number of nitrogens with zero attached hydrogens (tertiary/aromatic N) is 1. The van der Waals surface area contributed by atoms with Crippen molar-refractivity contribution in [3.8, 4) is 0 Å². The number of rotatable bonds is 3. The van der Waals surface area contributed by atoms with Crippen LogP contribution < -0.4 is 0 Å². The summed E-state index contributed by atoms with van der Waals surface area (Å²) >= 11 is 3.10. The minimum Gasteiger partial charge on any atom is -0.380 e. The van der Waals surface area contributed by atoms with Gasteiger partial charge in [0.05, 0.1) is 18.9 Å². The van der Waals surface area contributed by atoms with Gasteiger partial charge in [0.2, 0.25) is 0 Å². The van der Waals surface area contributed by atoms with Crippen molar-refractivity contribution in [2.75, 3.05) is 13.2 Å². The van der Waals surface area contributed by atoms with E-state index < -0.39 is 11.4 Å². The molecule has 0 spiro atoms. The summed E-state index contributed by atoms with van der Waals surface area (Å²) in [6, 6.07) is 1.60. The zero-order valence-corrected chi connectivity index (χ0v) is 11.3. The summed E-state index contributed by atoms with van der Waals surface area (Å²) in [7, 11) is 0. The highest BCUT2D eigenvalue weighted by Crippen LogP contribution is 2.42. The predicted octanol–water partition coefficient (Wildman–Crippen LogP) is 2.62. The highest BCUT2D eigenvalue weighted by molar-refractivity contribution is 9.10. The van der Waals surface area contributed by atoms with E-state index >= 15 is 0 Å². The fourth-order valence-electron chi connectivity index (χ4n) is 2.09. The number of aliphatic hydroxyl groups is 1. The summed E-state index contributed by atoms with van der Waals surface area (Å²) < 4.78 is 19.1. The second kappa shape index (κ2) is 4.11. The average molecular weight is 314 g/mol. The third-order valence-corrected chi connectivity index (χ3v) is 4.02. The molecule has 1 aromatic rings. The highest BCUT2D eigenvalue weighted by atomic mass is 79.9. The van der Waals surface area contributed by atoms with Gasteiger partial charge in [0, 0.05) is 5.56 Å². The van der Waals surface area contributed by atoms with Crippen molar-refractivity contribution in [2.24, 2.45) is 5.92 Å². The van der Waals surface area contributed by atoms with Gasteiger partial charge >= 0.3 is 0 Å². The smallest absolute Gasteiger partial charge is 0.162 e. The van der Waals surface area contributed by atoms with Gasteiger partial charge in [-0.25, -0.2) is 9.37 Å². The first-order valence-corrected chi connectivity index (χ1v) is 6.66. The lowest BCUT2D eigenvalue weighted by atomic mass is 9.91. The van der Waals surface area contributed by atoms with Gasteiger partial charge < -0.3 is 9.84 Å². The topological polar surface area (TPSA) is 42.4 Å². The molecule has 1 N–H and O–H groups in total. The lowest BCUT2D eigenvalue weighted by Crippen LogP contribution is -2.47. The Balaban J connectivity index is 2.04. The molecule has 2 heterocycles. The third kappa shape index (κ3) is 1.90. The van der Waals surface area contributed by atoms with Crippen molar-refractivity contribution in [3.05, 3.63) is 34.3 Å². The predicted molar refractivity (Wildman–Crippen MR) is 68.4 cm³/mol. The van der Waals surface area contributed by atoms with Crippen LogP contribution in [0.2, 0.25) is 0 Å². The van der Waals surface area contributed by atoms with Crippen molar-refractivity contribution in [1.82, 2.24) is 4.98 Å². The molecule has 0 bridgehead atoms. The Labute approximate surface area is 113 Å². The lowest BCUT2D eigenvalue weighted by Gasteiger charge is -2.37. The molecule has 96 valence electrons. The zero-order valence-electron chi connectivity index (χ0n) is 9.75. The van der Waals surface area contributed by atoms with E-state index in [9.17, 15) is 9.50 Å². The number of hydrogen-bond donors (Lipinski definition) is 1. The number of aromatic nitrogens is 1. The van der Waals surface area contributed by atoms with Crippen molar-refractivity contribution in [3.63, 3.8) is 0 Å². The first kappa shape index (κ1) is 12.3. The maximum Gasteiger partial charge on any atom is 0.162 e. The molecule has 3 nitrogen and oxygen atoms in total. The van der Waals surface area contributed by atoms with Crippen LogP contribution in [0.4, 0.5) is 4.39 Å². The monoisotopic (exact) mass is 313 g/mol. The molecular weight excluding hydrogens is 301 g/mol. The molecule has 0 atom stereocenters. The molecule has 0 aromatic carbocycles. The van der Waals surface area contributed by atoms with Crippen molar-refractivity contribution >= 4 is 21.5 Å². The summed E-state index contributed by atoms with van der Waals surface area (Å²) in [4.78, 5) is 4.16. The van der Waals surface area contributed by atoms with Crippen LogP contribution in [0.25, 0.3) is 5.57 Å². The molecule has 0 radical (unpaired) electrons. The minimum absolute atomic E-state index is 0.121. The van der Waals surface area contributed by atoms with Gasteiger partial charge in [0.1, 0.15) is 10.2 Å². The van der Waals surface area contributed by atoms with E-state index in [0.29, 0.717) is 11.6 Å². The second-order valence-electron chi connectivity index (χ2n) is 4.98. The van der Waals surface area contributed by atoms with E-state index in [4.69, 9.17) is 4.74 Å². The lowest BCUT2D eigenvalue weighted by molar-refractivity contribution is -0.186. The third-order valence-electron chi connectivity index (χ3n) is 3.50. The van der Waals surface area contributed by atoms with Gasteiger partial charge in [0.25, 0.3) is 0 Å². The Hall–Kier alpha value is -0.780. The Bertz CT molecular complexity index is 524. The summed E-state index contributed by atoms with van der Waals surface area (Å²) in [6.45, 7) is 4.25. The van der Waals surface area contributed by atoms with Crippen LogP contribution >= 0.6 is 15.9 Å². The molecule has 1 saturated carbocycles. The number of ether oxygens (including phenoxy) is 1. The molecule has 2 aliphatic rings. The van der Waals surface area contributed by atoms with Gasteiger partial charge in [-0.05, 0) is 46.3 Å². The van der Waals surface area contributed by atoms with Gasteiger partial charge in [-0.15, -0.1) is 0 Å². The maximum atomic E-state index is 14.0. The summed E-state index contributed by atoms with van der Waals surface area (Å²) in [5, 5.41) is 10.2. The van der Waals surface area contributed by atoms with E-state index in [1.807, 2.05) is 0 Å². The standard InChI is InChI=1S/C13H13BrFNO2/c1-7(8-2-3-8)10-4-9(11(15)12(14)16-10)13(17)5-18-6-13/h4,8,17H,1-3,5-6H2. The number of pyridine rings is 1. The molecule has 1 aromatic heterocycles. The van der Waals surface area contributed by atoms with E-state index in [0.717, 1.165) is 18.4 Å². The molecule has 3 rings (SSSR count). The molecule has 18 heavy (non-hydrogen) atoms. The summed E-state index contributed by atoms with van der Waals surface area (Å²) in [5.41, 5.74) is 0.586. The number of halogens is 2. The Morgan fingerprint density at radius 1 is 1.56 bits per heavy atom. The minimum atomic E-state index is -1.23. The van der Waals surface area contributed by atoms with E-state index in [1.54, 1.807) is 6.07 Å². The SMILES string of the molecule is C=C(c1cc(C2(O)COC2)c(F)c(Br)n1)C1CC1. The molecule has 1 aliphatic heterocycles. The first-order valence-electron chi connectivity index (χ1n) is 5.87. The molecule has 1 aliphatic carbocycles. The van der Waals surface area contributed by atoms with Crippen LogP contribution in [0.5, 0.6) is 0 Å². The fourth-order valence-corrected chi connectivity index (χ4v) is 2.50. The summed E-state index contributed by atoms with van der Waals surface area (Å²) in [6.07, 6.45) is 2.22. The van der Waals surface area contributed by atoms with Gasteiger partial charge in [-0.2, -0.15) is 0 Å². The van der Waals surface area contributed by atoms with Crippen LogP contribution in [0, 0.1) is 11.7 Å². The number of hydrogen-bond acceptors (Lipinski definition) is 3. The normalized spacial score (nSPS) is 21.5. The second-order valence-corrected chi connectivity index (χ2v) is 5.73. The van der Waals surface area contributed by atoms with Crippen LogP contribution in [0.3, 0.4) is 0 Å². The van der Waals surface area contributed by atoms with Gasteiger partial charge in [-0.1, -0.05) is 6.58 Å². The summed E-state index contributed by atoms with van der Waals surface area (Å²) in [5.74, 6) is -0.0665. The number of allylic oxidation sites excluding steroid dienone is 1.